The topological polar surface area (TPSA) is 87.7 Å². The Morgan fingerprint density at radius 2 is 1.71 bits per heavy atom. The van der Waals surface area contributed by atoms with Gasteiger partial charge in [0.2, 0.25) is 11.8 Å². The Hall–Kier alpha value is -2.50. The molecular formula is C24H18Cl4F3N3O4. The lowest BCUT2D eigenvalue weighted by atomic mass is 9.74. The van der Waals surface area contributed by atoms with Crippen molar-refractivity contribution >= 4 is 75.6 Å². The summed E-state index contributed by atoms with van der Waals surface area (Å²) in [6, 6.07) is 3.84. The number of nitrogens with zero attached hydrogens (tertiary/aromatic N) is 1. The number of rotatable bonds is 5. The summed E-state index contributed by atoms with van der Waals surface area (Å²) in [5.74, 6) is -7.57. The first-order valence-corrected chi connectivity index (χ1v) is 12.4. The van der Waals surface area contributed by atoms with E-state index in [0.29, 0.717) is 0 Å². The molecule has 1 saturated heterocycles. The highest BCUT2D eigenvalue weighted by Crippen LogP contribution is 2.54. The van der Waals surface area contributed by atoms with Gasteiger partial charge in [0, 0.05) is 33.4 Å². The average Bonchev–Trinajstić information content (AvgIpc) is 3.33. The fourth-order valence-electron chi connectivity index (χ4n) is 4.89. The minimum Gasteiger partial charge on any atom is -0.461 e. The molecule has 4 rings (SSSR count). The molecule has 1 spiro atoms. The van der Waals surface area contributed by atoms with Crippen molar-refractivity contribution in [2.45, 2.75) is 17.8 Å². The smallest absolute Gasteiger partial charge is 0.404 e. The van der Waals surface area contributed by atoms with Crippen molar-refractivity contribution < 1.29 is 32.3 Å². The molecule has 1 fully saturated rings. The number of hydrogen-bond donors (Lipinski definition) is 2. The molecule has 0 aliphatic carbocycles. The number of anilines is 2. The maximum atomic E-state index is 14.5. The van der Waals surface area contributed by atoms with Crippen LogP contribution in [0, 0.1) is 11.8 Å². The summed E-state index contributed by atoms with van der Waals surface area (Å²) in [6.07, 6.45) is -3.89. The lowest BCUT2D eigenvalue weighted by molar-refractivity contribution is -0.170. The Bertz CT molecular complexity index is 1340. The highest BCUT2D eigenvalue weighted by Gasteiger charge is 2.71. The van der Waals surface area contributed by atoms with Gasteiger partial charge in [-0.25, -0.2) is 0 Å². The largest absolute Gasteiger partial charge is 0.461 e. The number of carbonyl (C=O) groups excluding carboxylic acids is 3. The van der Waals surface area contributed by atoms with Gasteiger partial charge in [0.1, 0.15) is 24.1 Å². The third-order valence-electron chi connectivity index (χ3n) is 6.44. The number of benzene rings is 2. The van der Waals surface area contributed by atoms with Crippen LogP contribution in [0.1, 0.15) is 5.56 Å². The third kappa shape index (κ3) is 4.73. The van der Waals surface area contributed by atoms with E-state index in [1.54, 1.807) is 0 Å². The van der Waals surface area contributed by atoms with Gasteiger partial charge in [-0.15, -0.1) is 0 Å². The van der Waals surface area contributed by atoms with Gasteiger partial charge in [-0.3, -0.25) is 19.7 Å². The molecule has 202 valence electrons. The maximum Gasteiger partial charge on any atom is 0.404 e. The van der Waals surface area contributed by atoms with Gasteiger partial charge in [0.15, 0.2) is 0 Å². The van der Waals surface area contributed by atoms with Crippen molar-refractivity contribution in [1.82, 2.24) is 5.32 Å². The minimum atomic E-state index is -5.08. The summed E-state index contributed by atoms with van der Waals surface area (Å²) in [5.41, 5.74) is -2.50. The van der Waals surface area contributed by atoms with Crippen LogP contribution in [0.25, 0.3) is 0 Å². The van der Waals surface area contributed by atoms with E-state index in [4.69, 9.17) is 51.1 Å². The number of carbonyl (C=O) groups is 3. The number of ether oxygens (including phenoxy) is 1. The SMILES string of the molecule is C=CCOC(=O)[C@@H]1[C@H](C(=O)N(C)c2cc(Cl)cc(Cl)c2)[C@H](C(F)(F)F)NC12C(=O)Nc1c(Cl)cc(Cl)cc12. The van der Waals surface area contributed by atoms with E-state index in [0.717, 1.165) is 4.90 Å². The summed E-state index contributed by atoms with van der Waals surface area (Å²) in [5, 5.41) is 4.85. The predicted molar refractivity (Wildman–Crippen MR) is 138 cm³/mol. The molecular weight excluding hydrogens is 593 g/mol. The predicted octanol–water partition coefficient (Wildman–Crippen LogP) is 5.61. The summed E-state index contributed by atoms with van der Waals surface area (Å²) >= 11 is 24.4. The molecule has 2 aromatic rings. The normalized spacial score (nSPS) is 24.2. The molecule has 7 nitrogen and oxygen atoms in total. The molecule has 2 N–H and O–H groups in total. The highest BCUT2D eigenvalue weighted by atomic mass is 35.5. The van der Waals surface area contributed by atoms with Gasteiger partial charge in [0.25, 0.3) is 0 Å². The molecule has 2 aliphatic heterocycles. The molecule has 0 saturated carbocycles. The highest BCUT2D eigenvalue weighted by molar-refractivity contribution is 6.38. The first-order chi connectivity index (χ1) is 17.7. The van der Waals surface area contributed by atoms with E-state index in [9.17, 15) is 27.6 Å². The van der Waals surface area contributed by atoms with Gasteiger partial charge in [-0.2, -0.15) is 13.2 Å². The van der Waals surface area contributed by atoms with Gasteiger partial charge in [-0.05, 0) is 30.3 Å². The second kappa shape index (κ2) is 10.2. The van der Waals surface area contributed by atoms with Crippen LogP contribution in [-0.2, 0) is 24.7 Å². The standard InChI is InChI=1S/C24H18Cl4F3N3O4/c1-3-4-38-21(36)17-16(20(35)34(2)13-6-10(25)5-11(26)7-13)19(24(29,30)31)33-23(17)14-8-12(27)9-15(28)18(14)32-22(23)37/h3,5-9,16-17,19,33H,1,4H2,2H3,(H,32,37)/t16-,17-,19+,23?/m0/s1. The molecule has 2 heterocycles. The van der Waals surface area contributed by atoms with Gasteiger partial charge < -0.3 is 15.0 Å². The van der Waals surface area contributed by atoms with E-state index >= 15 is 0 Å². The van der Waals surface area contributed by atoms with E-state index in [-0.39, 0.29) is 43.6 Å². The summed E-state index contributed by atoms with van der Waals surface area (Å²) in [4.78, 5) is 41.5. The zero-order chi connectivity index (χ0) is 28.2. The van der Waals surface area contributed by atoms with Crippen LogP contribution in [0.3, 0.4) is 0 Å². The molecule has 2 aromatic carbocycles. The second-order valence-electron chi connectivity index (χ2n) is 8.68. The fraction of sp³-hybridized carbons (Fsp3) is 0.292. The quantitative estimate of drug-likeness (QED) is 0.340. The molecule has 2 aliphatic rings. The fourth-order valence-corrected chi connectivity index (χ4v) is 5.95. The van der Waals surface area contributed by atoms with E-state index in [1.807, 2.05) is 0 Å². The molecule has 4 atom stereocenters. The van der Waals surface area contributed by atoms with E-state index < -0.39 is 47.4 Å². The van der Waals surface area contributed by atoms with Crippen LogP contribution in [0.15, 0.2) is 43.0 Å². The maximum absolute atomic E-state index is 14.5. The number of amides is 2. The number of fused-ring (bicyclic) bond motifs is 2. The van der Waals surface area contributed by atoms with Crippen LogP contribution in [0.2, 0.25) is 20.1 Å². The monoisotopic (exact) mass is 609 g/mol. The third-order valence-corrected chi connectivity index (χ3v) is 7.40. The zero-order valence-corrected chi connectivity index (χ0v) is 22.4. The first-order valence-electron chi connectivity index (χ1n) is 10.9. The van der Waals surface area contributed by atoms with Crippen LogP contribution >= 0.6 is 46.4 Å². The molecule has 0 aromatic heterocycles. The van der Waals surface area contributed by atoms with Crippen molar-refractivity contribution in [3.8, 4) is 0 Å². The zero-order valence-electron chi connectivity index (χ0n) is 19.3. The van der Waals surface area contributed by atoms with E-state index in [2.05, 4.69) is 17.2 Å². The molecule has 0 bridgehead atoms. The van der Waals surface area contributed by atoms with Gasteiger partial charge >= 0.3 is 12.1 Å². The molecule has 1 unspecified atom stereocenters. The Labute approximate surface area is 234 Å². The lowest BCUT2D eigenvalue weighted by Crippen LogP contribution is -2.53. The van der Waals surface area contributed by atoms with E-state index in [1.165, 1.54) is 43.5 Å². The number of alkyl halides is 3. The van der Waals surface area contributed by atoms with Gasteiger partial charge in [0.05, 0.1) is 16.6 Å². The molecule has 14 heteroatoms. The van der Waals surface area contributed by atoms with Crippen molar-refractivity contribution in [3.05, 3.63) is 68.6 Å². The number of hydrogen-bond acceptors (Lipinski definition) is 5. The van der Waals surface area contributed by atoms with Crippen LogP contribution in [-0.4, -0.2) is 43.7 Å². The van der Waals surface area contributed by atoms with Crippen molar-refractivity contribution in [1.29, 1.82) is 0 Å². The van der Waals surface area contributed by atoms with Crippen LogP contribution in [0.4, 0.5) is 24.5 Å². The van der Waals surface area contributed by atoms with Crippen molar-refractivity contribution in [3.63, 3.8) is 0 Å². The summed E-state index contributed by atoms with van der Waals surface area (Å²) in [6.45, 7) is 3.05. The Morgan fingerprint density at radius 1 is 1.11 bits per heavy atom. The number of nitrogens with one attached hydrogen (secondary N) is 2. The molecule has 2 amide bonds. The Morgan fingerprint density at radius 3 is 2.29 bits per heavy atom. The Kier molecular flexibility index (Phi) is 7.68. The van der Waals surface area contributed by atoms with Crippen LogP contribution < -0.4 is 15.5 Å². The van der Waals surface area contributed by atoms with Crippen LogP contribution in [0.5, 0.6) is 0 Å². The first kappa shape index (κ1) is 28.5. The summed E-state index contributed by atoms with van der Waals surface area (Å²) in [7, 11) is 1.20. The van der Waals surface area contributed by atoms with Crippen molar-refractivity contribution in [2.24, 2.45) is 11.8 Å². The molecule has 38 heavy (non-hydrogen) atoms. The van der Waals surface area contributed by atoms with Crippen molar-refractivity contribution in [2.75, 3.05) is 23.9 Å². The lowest BCUT2D eigenvalue weighted by Gasteiger charge is -2.31. The minimum absolute atomic E-state index is 0.00587. The second-order valence-corrected chi connectivity index (χ2v) is 10.4. The number of esters is 1. The average molecular weight is 611 g/mol. The van der Waals surface area contributed by atoms with Gasteiger partial charge in [-0.1, -0.05) is 59.1 Å². The Balaban J connectivity index is 1.94. The summed E-state index contributed by atoms with van der Waals surface area (Å²) < 4.78 is 48.7. The molecule has 0 radical (unpaired) electrons. The number of halogens is 7.